The molecule has 1 N–H and O–H groups in total. The van der Waals surface area contributed by atoms with E-state index in [4.69, 9.17) is 81.5 Å². The summed E-state index contributed by atoms with van der Waals surface area (Å²) in [6, 6.07) is 31.5. The molecule has 11 aliphatic rings. The highest BCUT2D eigenvalue weighted by Crippen LogP contribution is 2.46. The van der Waals surface area contributed by atoms with Gasteiger partial charge in [-0.25, -0.2) is 64.2 Å². The molecule has 38 heteroatoms. The fraction of sp³-hybridized carbons (Fsp3) is 0.400. The SMILES string of the molecule is Cc1cc2c(-c3nc(N4CCOCC4)c4oc5ncc(CN6CCS(=O)CC6)cc5c4n3)cccc2[nH]1.Cc1ccc2c(c1-c1nc(N3CCOCC3)c3oc4ncc(CN5CCS(=O)CC5)cc4c3n1)C=CC2.Cc1ccc2c(c1-c1nc(N3CCOCC3)c3oc4ncc(CN5CCS(=O)CC5)cc4c3n1)CCC2.O=S1CCN(Cc2cnc3oc4c(N5CCOCC5)nc(-c5cccc6c5C(F)=CC6)nc4c3c2)CC1. The summed E-state index contributed by atoms with van der Waals surface area (Å²) in [6.07, 6.45) is 18.4. The smallest absolute Gasteiger partial charge is 0.229 e. The van der Waals surface area contributed by atoms with Crippen molar-refractivity contribution in [3.63, 3.8) is 0 Å². The van der Waals surface area contributed by atoms with Gasteiger partial charge in [-0.3, -0.25) is 36.4 Å². The van der Waals surface area contributed by atoms with Crippen LogP contribution in [0.4, 0.5) is 27.7 Å². The summed E-state index contributed by atoms with van der Waals surface area (Å²) in [4.78, 5) is 80.9. The summed E-state index contributed by atoms with van der Waals surface area (Å²) in [5.74, 6) is 11.3. The Morgan fingerprint density at radius 3 is 1.14 bits per heavy atom. The van der Waals surface area contributed by atoms with Gasteiger partial charge in [0, 0.05) is 289 Å². The first-order valence-corrected chi connectivity index (χ1v) is 57.4. The van der Waals surface area contributed by atoms with Crippen molar-refractivity contribution in [2.45, 2.75) is 79.1 Å². The molecule has 8 saturated heterocycles. The van der Waals surface area contributed by atoms with Crippen LogP contribution in [0.2, 0.25) is 0 Å². The van der Waals surface area contributed by atoms with Gasteiger partial charge in [0.15, 0.2) is 68.9 Å². The Labute approximate surface area is 862 Å². The number of pyridine rings is 4. The molecule has 148 heavy (non-hydrogen) atoms. The molecular formula is C110H114FN21O12S4. The lowest BCUT2D eigenvalue weighted by atomic mass is 9.97. The molecular weight excluding hydrogens is 1950 g/mol. The Bertz CT molecular complexity index is 8180. The summed E-state index contributed by atoms with van der Waals surface area (Å²) in [5.41, 5.74) is 27.6. The number of furan rings is 4. The Balaban J connectivity index is 0.000000103. The second-order valence-corrected chi connectivity index (χ2v) is 46.6. The van der Waals surface area contributed by atoms with Crippen LogP contribution in [0.25, 0.3) is 157 Å². The molecule has 28 rings (SSSR count). The summed E-state index contributed by atoms with van der Waals surface area (Å²) in [5, 5.41) is 4.64. The van der Waals surface area contributed by atoms with Crippen molar-refractivity contribution in [3.05, 3.63) is 200 Å². The lowest BCUT2D eigenvalue weighted by Crippen LogP contribution is -2.37. The monoisotopic (exact) mass is 2070 g/mol. The van der Waals surface area contributed by atoms with Crippen molar-refractivity contribution in [2.75, 3.05) is 223 Å². The largest absolute Gasteiger partial charge is 0.432 e. The zero-order chi connectivity index (χ0) is 99.7. The average molecular weight is 2070 g/mol. The molecule has 17 aromatic rings. The summed E-state index contributed by atoms with van der Waals surface area (Å²) in [6.45, 7) is 27.1. The molecule has 13 aromatic heterocycles. The maximum atomic E-state index is 14.9. The molecule has 0 unspecified atom stereocenters. The highest BCUT2D eigenvalue weighted by atomic mass is 32.2. The number of fused-ring (bicyclic) bond motifs is 16. The van der Waals surface area contributed by atoms with Gasteiger partial charge in [0.1, 0.15) is 27.9 Å². The van der Waals surface area contributed by atoms with Gasteiger partial charge in [0.2, 0.25) is 22.9 Å². The number of aryl methyl sites for hydroxylation is 4. The van der Waals surface area contributed by atoms with Crippen LogP contribution in [-0.2, 0) is 114 Å². The number of hydrogen-bond acceptors (Lipinski definition) is 32. The van der Waals surface area contributed by atoms with Crippen molar-refractivity contribution >= 4 is 178 Å². The van der Waals surface area contributed by atoms with Crippen LogP contribution in [0.5, 0.6) is 0 Å². The second kappa shape index (κ2) is 41.7. The van der Waals surface area contributed by atoms with E-state index in [0.717, 1.165) is 300 Å². The predicted octanol–water partition coefficient (Wildman–Crippen LogP) is 14.7. The Morgan fingerprint density at radius 1 is 0.358 bits per heavy atom. The normalized spacial score (nSPS) is 18.7. The molecule has 21 heterocycles. The van der Waals surface area contributed by atoms with Crippen LogP contribution < -0.4 is 19.6 Å². The number of ether oxygens (including phenoxy) is 4. The third-order valence-electron chi connectivity index (χ3n) is 30.1. The Morgan fingerprint density at radius 2 is 0.723 bits per heavy atom. The van der Waals surface area contributed by atoms with Crippen LogP contribution in [0.1, 0.15) is 78.9 Å². The standard InChI is InChI=1S/C28H31N5O3S.C28H29N5O3S.C27H26FN5O3S.C27H28N6O3S/c2*1-18-5-6-20-3-2-4-21(20)23(18)26-30-24-22-15-19(17-32-9-13-37(34)14-10-32)16-29-28(22)36-25(24)27(31-26)33-7-11-35-12-8-33;28-21-5-4-18-2-1-3-19(22(18)21)25-30-23-20-14-17(16-32-8-12-37(34)13-9-32)15-29-27(20)36-24(23)26(31-25)33-6-10-35-11-7-33;1-17-13-20-19(3-2-4-22(20)29-17)25-30-23-21-14-18(16-32-7-11-37(34)12-8-32)15-28-27(21)36-24(23)26(31-25)33-5-9-35-10-6-33/h5-6,15-16H,2-4,7-14,17H2,1H3;2,4-6,15-16H,3,7-14,17H2,1H3;1-3,5,14-15H,4,6-13,16H2;2-4,13-15,29H,5-12,16H2,1H3. The number of hydrogen-bond donors (Lipinski definition) is 1. The van der Waals surface area contributed by atoms with E-state index in [1.165, 1.54) is 39.8 Å². The van der Waals surface area contributed by atoms with Crippen LogP contribution >= 0.6 is 0 Å². The third-order valence-corrected chi connectivity index (χ3v) is 35.2. The van der Waals surface area contributed by atoms with Gasteiger partial charge in [0.25, 0.3) is 0 Å². The van der Waals surface area contributed by atoms with Gasteiger partial charge in [-0.1, -0.05) is 66.7 Å². The van der Waals surface area contributed by atoms with Crippen LogP contribution in [-0.4, -0.2) is 305 Å². The number of nitrogens with zero attached hydrogens (tertiary/aromatic N) is 20. The van der Waals surface area contributed by atoms with Crippen LogP contribution in [0.15, 0.2) is 146 Å². The van der Waals surface area contributed by atoms with E-state index in [-0.39, 0.29) is 5.83 Å². The molecule has 4 aromatic carbocycles. The van der Waals surface area contributed by atoms with Gasteiger partial charge < -0.3 is 61.2 Å². The second-order valence-electron chi connectivity index (χ2n) is 39.8. The number of benzene rings is 4. The average Bonchev–Trinajstić information content (AvgIpc) is 1.63. The summed E-state index contributed by atoms with van der Waals surface area (Å²) in [7, 11) is -2.78. The molecule has 0 saturated carbocycles. The minimum Gasteiger partial charge on any atom is -0.432 e. The number of nitrogens with one attached hydrogen (secondary N) is 1. The van der Waals surface area contributed by atoms with E-state index in [0.29, 0.717) is 163 Å². The molecule has 0 radical (unpaired) electrons. The van der Waals surface area contributed by atoms with E-state index in [1.54, 1.807) is 6.08 Å². The first kappa shape index (κ1) is 96.3. The molecule has 0 amide bonds. The quantitative estimate of drug-likeness (QED) is 0.0938. The number of rotatable bonds is 16. The van der Waals surface area contributed by atoms with Crippen molar-refractivity contribution in [2.24, 2.45) is 0 Å². The lowest BCUT2D eigenvalue weighted by Gasteiger charge is -2.28. The van der Waals surface area contributed by atoms with E-state index in [2.05, 4.69) is 159 Å². The highest BCUT2D eigenvalue weighted by Gasteiger charge is 2.35. The Hall–Kier alpha value is -12.6. The molecule has 0 spiro atoms. The molecule has 8 fully saturated rings. The van der Waals surface area contributed by atoms with Crippen molar-refractivity contribution in [1.82, 2.24) is 84.4 Å². The number of anilines is 4. The predicted molar refractivity (Wildman–Crippen MR) is 579 cm³/mol. The number of aromatic nitrogens is 13. The zero-order valence-electron chi connectivity index (χ0n) is 83.0. The van der Waals surface area contributed by atoms with Gasteiger partial charge in [-0.15, -0.1) is 0 Å². The molecule has 0 bridgehead atoms. The van der Waals surface area contributed by atoms with Crippen molar-refractivity contribution < 1.29 is 57.8 Å². The van der Waals surface area contributed by atoms with E-state index in [1.807, 2.05) is 49.1 Å². The molecule has 0 atom stereocenters. The van der Waals surface area contributed by atoms with E-state index >= 15 is 0 Å². The number of halogens is 1. The maximum absolute atomic E-state index is 14.9. The molecule has 762 valence electrons. The lowest BCUT2D eigenvalue weighted by molar-refractivity contribution is 0.122. The molecule has 33 nitrogen and oxygen atoms in total. The van der Waals surface area contributed by atoms with Crippen molar-refractivity contribution in [3.8, 4) is 45.6 Å². The fourth-order valence-electron chi connectivity index (χ4n) is 22.2. The molecule has 3 aliphatic carbocycles. The minimum atomic E-state index is -0.716. The first-order valence-electron chi connectivity index (χ1n) is 51.5. The van der Waals surface area contributed by atoms with Gasteiger partial charge >= 0.3 is 0 Å². The summed E-state index contributed by atoms with van der Waals surface area (Å²) < 4.78 is 110. The van der Waals surface area contributed by atoms with Gasteiger partial charge in [-0.05, 0) is 157 Å². The maximum Gasteiger partial charge on any atom is 0.229 e. The zero-order valence-corrected chi connectivity index (χ0v) is 86.3. The number of morpholine rings is 4. The number of H-pyrrole nitrogens is 1. The number of aromatic amines is 1. The third kappa shape index (κ3) is 19.5. The fourth-order valence-corrected chi connectivity index (χ4v) is 26.7. The Kier molecular flexibility index (Phi) is 27.2. The van der Waals surface area contributed by atoms with Gasteiger partial charge in [0.05, 0.1) is 74.4 Å². The van der Waals surface area contributed by atoms with E-state index < -0.39 is 43.2 Å². The number of allylic oxidation sites excluding steroid dienone is 2. The molecule has 8 aliphatic heterocycles. The summed E-state index contributed by atoms with van der Waals surface area (Å²) >= 11 is 0. The van der Waals surface area contributed by atoms with Crippen molar-refractivity contribution in [1.29, 1.82) is 0 Å². The highest BCUT2D eigenvalue weighted by molar-refractivity contribution is 7.85. The van der Waals surface area contributed by atoms with Crippen LogP contribution in [0.3, 0.4) is 0 Å². The van der Waals surface area contributed by atoms with Gasteiger partial charge in [-0.2, -0.15) is 0 Å². The first-order chi connectivity index (χ1) is 72.5. The topological polar surface area (TPSA) is 354 Å². The minimum absolute atomic E-state index is 0.231. The van der Waals surface area contributed by atoms with Crippen LogP contribution in [0, 0.1) is 20.8 Å². The van der Waals surface area contributed by atoms with E-state index in [9.17, 15) is 21.2 Å².